The van der Waals surface area contributed by atoms with Crippen molar-refractivity contribution < 1.29 is 9.47 Å². The zero-order valence-corrected chi connectivity index (χ0v) is 14.6. The Morgan fingerprint density at radius 2 is 1.88 bits per heavy atom. The standard InChI is InChI=1S/C18H25N5O2/c1-24-14-7-3-4-8-15(14)25-18-16(19)17(21-13-22-18)20-9-12-23-10-5-2-6-11-23/h3-4,7-8,13H,2,5-6,9-12,19H2,1H3,(H,20,21,22). The van der Waals surface area contributed by atoms with Crippen molar-refractivity contribution in [3.8, 4) is 17.4 Å². The summed E-state index contributed by atoms with van der Waals surface area (Å²) in [7, 11) is 1.60. The Bertz CT molecular complexity index is 689. The molecule has 7 nitrogen and oxygen atoms in total. The van der Waals surface area contributed by atoms with Gasteiger partial charge in [-0.25, -0.2) is 4.98 Å². The number of para-hydroxylation sites is 2. The number of nitrogens with one attached hydrogen (secondary N) is 1. The third-order valence-corrected chi connectivity index (χ3v) is 4.29. The number of benzene rings is 1. The maximum absolute atomic E-state index is 6.18. The number of methoxy groups -OCH3 is 1. The summed E-state index contributed by atoms with van der Waals surface area (Å²) in [5.74, 6) is 2.10. The maximum Gasteiger partial charge on any atom is 0.248 e. The van der Waals surface area contributed by atoms with E-state index in [2.05, 4.69) is 20.2 Å². The average Bonchev–Trinajstić information content (AvgIpc) is 2.66. The first-order valence-electron chi connectivity index (χ1n) is 8.65. The number of rotatable bonds is 7. The smallest absolute Gasteiger partial charge is 0.248 e. The minimum atomic E-state index is 0.319. The molecule has 1 aromatic carbocycles. The van der Waals surface area contributed by atoms with Crippen LogP contribution in [0.4, 0.5) is 11.5 Å². The van der Waals surface area contributed by atoms with E-state index in [0.717, 1.165) is 13.1 Å². The van der Waals surface area contributed by atoms with E-state index in [-0.39, 0.29) is 0 Å². The van der Waals surface area contributed by atoms with Gasteiger partial charge in [0.2, 0.25) is 5.88 Å². The molecular weight excluding hydrogens is 318 g/mol. The Balaban J connectivity index is 1.63. The molecule has 1 saturated heterocycles. The lowest BCUT2D eigenvalue weighted by Gasteiger charge is -2.26. The van der Waals surface area contributed by atoms with Crippen LogP contribution in [-0.4, -0.2) is 48.2 Å². The monoisotopic (exact) mass is 343 g/mol. The predicted molar refractivity (Wildman–Crippen MR) is 98.3 cm³/mol. The van der Waals surface area contributed by atoms with Crippen LogP contribution in [0.25, 0.3) is 0 Å². The number of ether oxygens (including phenoxy) is 2. The van der Waals surface area contributed by atoms with Crippen molar-refractivity contribution in [3.63, 3.8) is 0 Å². The number of likely N-dealkylation sites (tertiary alicyclic amines) is 1. The molecule has 0 atom stereocenters. The van der Waals surface area contributed by atoms with Crippen LogP contribution in [0.5, 0.6) is 17.4 Å². The summed E-state index contributed by atoms with van der Waals surface area (Å²) < 4.78 is 11.1. The van der Waals surface area contributed by atoms with E-state index in [1.54, 1.807) is 7.11 Å². The van der Waals surface area contributed by atoms with Gasteiger partial charge in [0.1, 0.15) is 12.0 Å². The molecule has 0 aliphatic carbocycles. The lowest BCUT2D eigenvalue weighted by atomic mass is 10.1. The van der Waals surface area contributed by atoms with Crippen molar-refractivity contribution in [2.75, 3.05) is 44.3 Å². The molecule has 0 amide bonds. The van der Waals surface area contributed by atoms with Crippen LogP contribution in [-0.2, 0) is 0 Å². The van der Waals surface area contributed by atoms with Gasteiger partial charge < -0.3 is 25.4 Å². The first-order chi connectivity index (χ1) is 12.3. The highest BCUT2D eigenvalue weighted by Gasteiger charge is 2.13. The highest BCUT2D eigenvalue weighted by atomic mass is 16.5. The molecule has 0 unspecified atom stereocenters. The third kappa shape index (κ3) is 4.51. The predicted octanol–water partition coefficient (Wildman–Crippen LogP) is 2.76. The van der Waals surface area contributed by atoms with Crippen LogP contribution < -0.4 is 20.5 Å². The van der Waals surface area contributed by atoms with E-state index in [9.17, 15) is 0 Å². The van der Waals surface area contributed by atoms with Gasteiger partial charge in [-0.2, -0.15) is 4.98 Å². The van der Waals surface area contributed by atoms with E-state index in [1.165, 1.54) is 38.7 Å². The summed E-state index contributed by atoms with van der Waals surface area (Å²) in [5, 5.41) is 3.29. The van der Waals surface area contributed by atoms with Crippen molar-refractivity contribution in [2.24, 2.45) is 0 Å². The van der Waals surface area contributed by atoms with Gasteiger partial charge >= 0.3 is 0 Å². The number of hydrogen-bond donors (Lipinski definition) is 2. The van der Waals surface area contributed by atoms with Gasteiger partial charge in [-0.3, -0.25) is 0 Å². The Morgan fingerprint density at radius 3 is 2.64 bits per heavy atom. The quantitative estimate of drug-likeness (QED) is 0.799. The minimum Gasteiger partial charge on any atom is -0.493 e. The van der Waals surface area contributed by atoms with Gasteiger partial charge in [0.05, 0.1) is 7.11 Å². The second-order valence-electron chi connectivity index (χ2n) is 6.02. The summed E-state index contributed by atoms with van der Waals surface area (Å²) in [6.07, 6.45) is 5.36. The van der Waals surface area contributed by atoms with Crippen LogP contribution in [0.1, 0.15) is 19.3 Å². The minimum absolute atomic E-state index is 0.319. The topological polar surface area (TPSA) is 85.5 Å². The second-order valence-corrected chi connectivity index (χ2v) is 6.02. The van der Waals surface area contributed by atoms with Crippen molar-refractivity contribution >= 4 is 11.5 Å². The van der Waals surface area contributed by atoms with E-state index < -0.39 is 0 Å². The number of hydrogen-bond acceptors (Lipinski definition) is 7. The Kier molecular flexibility index (Phi) is 5.90. The van der Waals surface area contributed by atoms with Crippen LogP contribution in [0.3, 0.4) is 0 Å². The first-order valence-corrected chi connectivity index (χ1v) is 8.65. The molecule has 0 radical (unpaired) electrons. The number of nitrogens with zero attached hydrogens (tertiary/aromatic N) is 3. The molecule has 134 valence electrons. The van der Waals surface area contributed by atoms with Gasteiger partial charge in [0.25, 0.3) is 0 Å². The van der Waals surface area contributed by atoms with Gasteiger partial charge in [0.15, 0.2) is 17.3 Å². The molecule has 7 heteroatoms. The largest absolute Gasteiger partial charge is 0.493 e. The number of nitrogens with two attached hydrogens (primary N) is 1. The molecular formula is C18H25N5O2. The molecule has 3 N–H and O–H groups in total. The van der Waals surface area contributed by atoms with Crippen LogP contribution in [0.2, 0.25) is 0 Å². The van der Waals surface area contributed by atoms with Gasteiger partial charge in [-0.1, -0.05) is 18.6 Å². The fourth-order valence-electron chi connectivity index (χ4n) is 2.92. The molecule has 2 aromatic rings. The molecule has 25 heavy (non-hydrogen) atoms. The summed E-state index contributed by atoms with van der Waals surface area (Å²) in [6, 6.07) is 7.38. The number of nitrogen functional groups attached to an aromatic ring is 1. The molecule has 1 aliphatic rings. The number of piperidine rings is 1. The Morgan fingerprint density at radius 1 is 1.12 bits per heavy atom. The maximum atomic E-state index is 6.18. The molecule has 0 bridgehead atoms. The highest BCUT2D eigenvalue weighted by Crippen LogP contribution is 2.34. The molecule has 1 aromatic heterocycles. The molecule has 1 aliphatic heterocycles. The second kappa shape index (κ2) is 8.53. The Hall–Kier alpha value is -2.54. The normalized spacial score (nSPS) is 14.9. The van der Waals surface area contributed by atoms with Gasteiger partial charge in [-0.15, -0.1) is 0 Å². The van der Waals surface area contributed by atoms with Gasteiger partial charge in [-0.05, 0) is 38.1 Å². The lowest BCUT2D eigenvalue weighted by molar-refractivity contribution is 0.237. The number of anilines is 2. The summed E-state index contributed by atoms with van der Waals surface area (Å²) in [5.41, 5.74) is 6.57. The van der Waals surface area contributed by atoms with E-state index in [4.69, 9.17) is 15.2 Å². The lowest BCUT2D eigenvalue weighted by Crippen LogP contribution is -2.33. The SMILES string of the molecule is COc1ccccc1Oc1ncnc(NCCN2CCCCC2)c1N. The zero-order valence-electron chi connectivity index (χ0n) is 14.6. The van der Waals surface area contributed by atoms with Crippen molar-refractivity contribution in [1.82, 2.24) is 14.9 Å². The van der Waals surface area contributed by atoms with Crippen molar-refractivity contribution in [1.29, 1.82) is 0 Å². The van der Waals surface area contributed by atoms with Crippen molar-refractivity contribution in [3.05, 3.63) is 30.6 Å². The zero-order chi connectivity index (χ0) is 17.5. The first kappa shape index (κ1) is 17.3. The van der Waals surface area contributed by atoms with Crippen LogP contribution >= 0.6 is 0 Å². The molecule has 0 saturated carbocycles. The molecule has 3 rings (SSSR count). The number of aromatic nitrogens is 2. The van der Waals surface area contributed by atoms with Crippen LogP contribution in [0.15, 0.2) is 30.6 Å². The molecule has 2 heterocycles. The Labute approximate surface area is 148 Å². The fraction of sp³-hybridized carbons (Fsp3) is 0.444. The fourth-order valence-corrected chi connectivity index (χ4v) is 2.92. The molecule has 0 spiro atoms. The van der Waals surface area contributed by atoms with Crippen molar-refractivity contribution in [2.45, 2.75) is 19.3 Å². The summed E-state index contributed by atoms with van der Waals surface area (Å²) >= 11 is 0. The summed E-state index contributed by atoms with van der Waals surface area (Å²) in [6.45, 7) is 4.10. The van der Waals surface area contributed by atoms with E-state index in [0.29, 0.717) is 28.9 Å². The van der Waals surface area contributed by atoms with E-state index >= 15 is 0 Å². The highest BCUT2D eigenvalue weighted by molar-refractivity contribution is 5.67. The van der Waals surface area contributed by atoms with Crippen LogP contribution in [0, 0.1) is 0 Å². The van der Waals surface area contributed by atoms with E-state index in [1.807, 2.05) is 24.3 Å². The third-order valence-electron chi connectivity index (χ3n) is 4.29. The van der Waals surface area contributed by atoms with Gasteiger partial charge in [0, 0.05) is 13.1 Å². The average molecular weight is 343 g/mol. The molecule has 1 fully saturated rings. The summed E-state index contributed by atoms with van der Waals surface area (Å²) in [4.78, 5) is 10.8.